The summed E-state index contributed by atoms with van der Waals surface area (Å²) in [6.07, 6.45) is -7.72. The van der Waals surface area contributed by atoms with Crippen molar-refractivity contribution in [3.63, 3.8) is 0 Å². The van der Waals surface area contributed by atoms with Crippen molar-refractivity contribution in [1.29, 1.82) is 0 Å². The molecule has 1 aliphatic heterocycles. The minimum Gasteiger partial charge on any atom is -0.428 e. The van der Waals surface area contributed by atoms with Crippen molar-refractivity contribution in [2.75, 3.05) is 50.0 Å². The Hall–Kier alpha value is -2.16. The molecule has 1 aromatic rings. The maximum atomic E-state index is 13.0. The highest BCUT2D eigenvalue weighted by molar-refractivity contribution is 7.89. The maximum Gasteiger partial charge on any atom is 0.461 e. The summed E-state index contributed by atoms with van der Waals surface area (Å²) in [6.45, 7) is 1.71. The van der Waals surface area contributed by atoms with Gasteiger partial charge < -0.3 is 14.4 Å². The number of hydrogen-bond donors (Lipinski definition) is 2. The molecule has 0 radical (unpaired) electrons. The number of benzene rings is 1. The largest absolute Gasteiger partial charge is 0.461 e. The third kappa shape index (κ3) is 8.61. The summed E-state index contributed by atoms with van der Waals surface area (Å²) < 4.78 is 86.1. The van der Waals surface area contributed by atoms with E-state index in [4.69, 9.17) is 9.94 Å². The number of amides is 1. The SMILES string of the molecule is O=C(CCCOCCCS(=O)(=O)N1CCN(c2ccc(OC(F)(F)C(F)F)cc2)CC1)NO. The second kappa shape index (κ2) is 12.3. The number of alkyl halides is 4. The molecule has 1 amide bonds. The lowest BCUT2D eigenvalue weighted by Gasteiger charge is -2.35. The molecular weight excluding hydrogens is 474 g/mol. The Balaban J connectivity index is 1.73. The number of anilines is 1. The van der Waals surface area contributed by atoms with E-state index in [0.717, 1.165) is 12.1 Å². The van der Waals surface area contributed by atoms with Crippen LogP contribution in [-0.2, 0) is 19.6 Å². The van der Waals surface area contributed by atoms with Crippen LogP contribution in [0.4, 0.5) is 23.2 Å². The molecule has 9 nitrogen and oxygen atoms in total. The van der Waals surface area contributed by atoms with Crippen LogP contribution in [0.2, 0.25) is 0 Å². The molecule has 0 spiro atoms. The molecular formula is C19H27F4N3O6S. The normalized spacial score (nSPS) is 15.6. The fraction of sp³-hybridized carbons (Fsp3) is 0.632. The van der Waals surface area contributed by atoms with E-state index < -0.39 is 34.2 Å². The predicted octanol–water partition coefficient (Wildman–Crippen LogP) is 2.07. The summed E-state index contributed by atoms with van der Waals surface area (Å²) in [6, 6.07) is 5.21. The van der Waals surface area contributed by atoms with Crippen LogP contribution < -0.4 is 15.1 Å². The van der Waals surface area contributed by atoms with Crippen LogP contribution in [0.1, 0.15) is 19.3 Å². The Morgan fingerprint density at radius 2 is 1.70 bits per heavy atom. The Bertz CT molecular complexity index is 850. The van der Waals surface area contributed by atoms with Crippen molar-refractivity contribution in [1.82, 2.24) is 9.79 Å². The highest BCUT2D eigenvalue weighted by atomic mass is 32.2. The van der Waals surface area contributed by atoms with Gasteiger partial charge in [-0.05, 0) is 37.1 Å². The van der Waals surface area contributed by atoms with E-state index in [1.807, 2.05) is 4.90 Å². The molecule has 0 aromatic heterocycles. The van der Waals surface area contributed by atoms with Gasteiger partial charge in [0.05, 0.1) is 5.75 Å². The Morgan fingerprint density at radius 3 is 2.27 bits per heavy atom. The second-order valence-corrected chi connectivity index (χ2v) is 9.35. The Kier molecular flexibility index (Phi) is 10.1. The average Bonchev–Trinajstić information content (AvgIpc) is 2.78. The quantitative estimate of drug-likeness (QED) is 0.184. The number of nitrogens with one attached hydrogen (secondary N) is 1. The average molecular weight is 501 g/mol. The number of piperazine rings is 1. The summed E-state index contributed by atoms with van der Waals surface area (Å²) in [5.74, 6) is -1.00. The fourth-order valence-electron chi connectivity index (χ4n) is 3.12. The summed E-state index contributed by atoms with van der Waals surface area (Å²) >= 11 is 0. The van der Waals surface area contributed by atoms with Crippen molar-refractivity contribution >= 4 is 21.6 Å². The highest BCUT2D eigenvalue weighted by Gasteiger charge is 2.44. The van der Waals surface area contributed by atoms with E-state index in [9.17, 15) is 30.8 Å². The first-order valence-electron chi connectivity index (χ1n) is 10.2. The van der Waals surface area contributed by atoms with Crippen LogP contribution in [-0.4, -0.2) is 81.5 Å². The first kappa shape index (κ1) is 27.1. The van der Waals surface area contributed by atoms with Gasteiger partial charge in [-0.15, -0.1) is 0 Å². The van der Waals surface area contributed by atoms with E-state index in [1.165, 1.54) is 21.9 Å². The van der Waals surface area contributed by atoms with Crippen molar-refractivity contribution in [3.8, 4) is 5.75 Å². The topological polar surface area (TPSA) is 108 Å². The lowest BCUT2D eigenvalue weighted by molar-refractivity contribution is -0.253. The second-order valence-electron chi connectivity index (χ2n) is 7.27. The molecule has 1 aliphatic rings. The van der Waals surface area contributed by atoms with E-state index in [2.05, 4.69) is 4.74 Å². The summed E-state index contributed by atoms with van der Waals surface area (Å²) in [7, 11) is -3.48. The number of sulfonamides is 1. The van der Waals surface area contributed by atoms with Gasteiger partial charge in [0.1, 0.15) is 5.75 Å². The minimum atomic E-state index is -4.58. The lowest BCUT2D eigenvalue weighted by atomic mass is 10.2. The van der Waals surface area contributed by atoms with Crippen molar-refractivity contribution in [3.05, 3.63) is 24.3 Å². The Labute approximate surface area is 189 Å². The standard InChI is InChI=1S/C19H27F4N3O6S/c20-18(21)19(22,23)32-16-6-4-15(5-7-16)25-8-10-26(11-9-25)33(29,30)14-2-13-31-12-1-3-17(27)24-28/h4-7,18,28H,1-3,8-14H2,(H,24,27). The van der Waals surface area contributed by atoms with Crippen molar-refractivity contribution in [2.45, 2.75) is 31.8 Å². The van der Waals surface area contributed by atoms with Crippen LogP contribution in [0.3, 0.4) is 0 Å². The zero-order valence-corrected chi connectivity index (χ0v) is 18.6. The first-order valence-corrected chi connectivity index (χ1v) is 11.8. The Morgan fingerprint density at radius 1 is 1.09 bits per heavy atom. The van der Waals surface area contributed by atoms with E-state index in [0.29, 0.717) is 31.6 Å². The van der Waals surface area contributed by atoms with Gasteiger partial charge in [-0.2, -0.15) is 21.9 Å². The first-order chi connectivity index (χ1) is 15.5. The minimum absolute atomic E-state index is 0.0888. The molecule has 33 heavy (non-hydrogen) atoms. The molecule has 2 N–H and O–H groups in total. The van der Waals surface area contributed by atoms with Gasteiger partial charge >= 0.3 is 12.5 Å². The molecule has 0 unspecified atom stereocenters. The van der Waals surface area contributed by atoms with Gasteiger partial charge in [0, 0.05) is 51.5 Å². The molecule has 188 valence electrons. The molecule has 1 heterocycles. The molecule has 1 saturated heterocycles. The van der Waals surface area contributed by atoms with Gasteiger partial charge in [-0.1, -0.05) is 0 Å². The van der Waals surface area contributed by atoms with Crippen LogP contribution in [0, 0.1) is 0 Å². The number of ether oxygens (including phenoxy) is 2. The molecule has 0 aliphatic carbocycles. The van der Waals surface area contributed by atoms with Gasteiger partial charge in [-0.3, -0.25) is 10.0 Å². The van der Waals surface area contributed by atoms with Gasteiger partial charge in [0.2, 0.25) is 15.9 Å². The number of rotatable bonds is 13. The van der Waals surface area contributed by atoms with Gasteiger partial charge in [0.25, 0.3) is 0 Å². The van der Waals surface area contributed by atoms with Crippen molar-refractivity contribution < 1.29 is 45.5 Å². The monoisotopic (exact) mass is 501 g/mol. The highest BCUT2D eigenvalue weighted by Crippen LogP contribution is 2.29. The molecule has 1 aromatic carbocycles. The number of nitrogens with zero attached hydrogens (tertiary/aromatic N) is 2. The fourth-order valence-corrected chi connectivity index (χ4v) is 4.58. The third-order valence-corrected chi connectivity index (χ3v) is 6.81. The third-order valence-electron chi connectivity index (χ3n) is 4.85. The van der Waals surface area contributed by atoms with Crippen LogP contribution in [0.5, 0.6) is 5.75 Å². The molecule has 0 bridgehead atoms. The summed E-state index contributed by atoms with van der Waals surface area (Å²) in [5, 5.41) is 8.37. The van der Waals surface area contributed by atoms with Crippen LogP contribution >= 0.6 is 0 Å². The molecule has 2 rings (SSSR count). The van der Waals surface area contributed by atoms with Crippen LogP contribution in [0.25, 0.3) is 0 Å². The number of carbonyl (C=O) groups is 1. The number of hydroxylamine groups is 1. The van der Waals surface area contributed by atoms with Crippen molar-refractivity contribution in [2.24, 2.45) is 0 Å². The molecule has 0 atom stereocenters. The van der Waals surface area contributed by atoms with Gasteiger partial charge in [-0.25, -0.2) is 13.9 Å². The lowest BCUT2D eigenvalue weighted by Crippen LogP contribution is -2.49. The van der Waals surface area contributed by atoms with E-state index >= 15 is 0 Å². The smallest absolute Gasteiger partial charge is 0.428 e. The van der Waals surface area contributed by atoms with E-state index in [1.54, 1.807) is 0 Å². The molecule has 14 heteroatoms. The van der Waals surface area contributed by atoms with Crippen LogP contribution in [0.15, 0.2) is 24.3 Å². The summed E-state index contributed by atoms with van der Waals surface area (Å²) in [5.41, 5.74) is 2.14. The zero-order chi connectivity index (χ0) is 24.5. The predicted molar refractivity (Wildman–Crippen MR) is 110 cm³/mol. The maximum absolute atomic E-state index is 13.0. The zero-order valence-electron chi connectivity index (χ0n) is 17.8. The number of halogens is 4. The summed E-state index contributed by atoms with van der Waals surface area (Å²) in [4.78, 5) is 12.7. The van der Waals surface area contributed by atoms with E-state index in [-0.39, 0.29) is 38.5 Å². The number of hydrogen-bond acceptors (Lipinski definition) is 7. The molecule has 0 saturated carbocycles. The number of carbonyl (C=O) groups excluding carboxylic acids is 1. The molecule has 1 fully saturated rings. The van der Waals surface area contributed by atoms with Gasteiger partial charge in [0.15, 0.2) is 0 Å².